The van der Waals surface area contributed by atoms with Gasteiger partial charge in [-0.1, -0.05) is 24.3 Å². The van der Waals surface area contributed by atoms with Gasteiger partial charge in [-0.3, -0.25) is 9.69 Å². The molecule has 0 N–H and O–H groups in total. The Kier molecular flexibility index (Phi) is 4.49. The summed E-state index contributed by atoms with van der Waals surface area (Å²) in [5, 5.41) is 0. The van der Waals surface area contributed by atoms with Gasteiger partial charge in [-0.15, -0.1) is 0 Å². The fourth-order valence-electron chi connectivity index (χ4n) is 11.2. The van der Waals surface area contributed by atoms with Gasteiger partial charge in [0.25, 0.3) is 0 Å². The van der Waals surface area contributed by atoms with Crippen molar-refractivity contribution in [1.82, 2.24) is 0 Å². The molecular formula is C33H39NO. The van der Waals surface area contributed by atoms with E-state index in [0.717, 1.165) is 53.3 Å². The fraction of sp³-hybridized carbons (Fsp3) is 0.606. The van der Waals surface area contributed by atoms with Gasteiger partial charge < -0.3 is 0 Å². The summed E-state index contributed by atoms with van der Waals surface area (Å²) < 4.78 is 0. The molecule has 1 amide bonds. The second kappa shape index (κ2) is 7.46. The molecule has 8 aliphatic rings. The highest BCUT2D eigenvalue weighted by atomic mass is 16.1. The maximum Gasteiger partial charge on any atom is 0.218 e. The fourth-order valence-corrected chi connectivity index (χ4v) is 11.2. The molecule has 0 atom stereocenters. The van der Waals surface area contributed by atoms with Crippen LogP contribution >= 0.6 is 0 Å². The van der Waals surface area contributed by atoms with Crippen molar-refractivity contribution in [2.45, 2.75) is 87.9 Å². The highest BCUT2D eigenvalue weighted by molar-refractivity contribution is 5.86. The number of hydrogen-bond acceptors (Lipinski definition) is 1. The average Bonchev–Trinajstić information content (AvgIpc) is 2.84. The number of carbonyl (C=O) groups excluding carboxylic acids is 1. The summed E-state index contributed by atoms with van der Waals surface area (Å²) in [6, 6.07) is 18.2. The van der Waals surface area contributed by atoms with Crippen LogP contribution in [0.5, 0.6) is 0 Å². The van der Waals surface area contributed by atoms with Crippen LogP contribution in [-0.2, 0) is 15.6 Å². The molecule has 2 aromatic rings. The van der Waals surface area contributed by atoms with Crippen molar-refractivity contribution in [2.75, 3.05) is 4.90 Å². The summed E-state index contributed by atoms with van der Waals surface area (Å²) in [7, 11) is 0. The first-order valence-corrected chi connectivity index (χ1v) is 14.6. The molecule has 35 heavy (non-hydrogen) atoms. The number of amides is 1. The van der Waals surface area contributed by atoms with E-state index in [1.54, 1.807) is 0 Å². The van der Waals surface area contributed by atoms with Crippen molar-refractivity contribution in [3.63, 3.8) is 0 Å². The molecule has 8 saturated carbocycles. The minimum atomic E-state index is 0.415. The van der Waals surface area contributed by atoms with Gasteiger partial charge in [0.15, 0.2) is 0 Å². The number of hydrogen-bond donors (Lipinski definition) is 0. The molecule has 0 heterocycles. The minimum absolute atomic E-state index is 0.415. The number of carbonyl (C=O) groups is 1. The summed E-state index contributed by atoms with van der Waals surface area (Å²) in [4.78, 5) is 14.1. The van der Waals surface area contributed by atoms with E-state index in [0.29, 0.717) is 10.8 Å². The van der Waals surface area contributed by atoms with Crippen molar-refractivity contribution in [3.05, 3.63) is 59.7 Å². The van der Waals surface area contributed by atoms with Crippen molar-refractivity contribution in [3.8, 4) is 0 Å². The highest BCUT2D eigenvalue weighted by Crippen LogP contribution is 2.62. The lowest BCUT2D eigenvalue weighted by Gasteiger charge is -2.57. The van der Waals surface area contributed by atoms with Crippen LogP contribution < -0.4 is 4.90 Å². The molecule has 0 spiro atoms. The zero-order chi connectivity index (χ0) is 23.2. The van der Waals surface area contributed by atoms with E-state index >= 15 is 0 Å². The van der Waals surface area contributed by atoms with Crippen LogP contribution in [0.15, 0.2) is 48.5 Å². The molecule has 10 rings (SSSR count). The summed E-state index contributed by atoms with van der Waals surface area (Å²) in [5.74, 6) is 5.75. The van der Waals surface area contributed by atoms with Crippen LogP contribution in [0.2, 0.25) is 0 Å². The van der Waals surface area contributed by atoms with E-state index in [2.05, 4.69) is 48.5 Å². The Morgan fingerprint density at radius 1 is 0.514 bits per heavy atom. The molecule has 0 aromatic heterocycles. The summed E-state index contributed by atoms with van der Waals surface area (Å²) in [6.45, 7) is 0. The Labute approximate surface area is 210 Å². The van der Waals surface area contributed by atoms with Gasteiger partial charge in [-0.25, -0.2) is 0 Å². The van der Waals surface area contributed by atoms with E-state index in [4.69, 9.17) is 0 Å². The first-order valence-electron chi connectivity index (χ1n) is 14.6. The predicted molar refractivity (Wildman–Crippen MR) is 141 cm³/mol. The van der Waals surface area contributed by atoms with E-state index in [1.807, 2.05) is 4.90 Å². The first-order chi connectivity index (χ1) is 17.1. The first kappa shape index (κ1) is 21.0. The molecule has 0 saturated heterocycles. The Morgan fingerprint density at radius 2 is 0.800 bits per heavy atom. The number of nitrogens with zero attached hydrogens (tertiary/aromatic N) is 1. The molecular weight excluding hydrogens is 426 g/mol. The van der Waals surface area contributed by atoms with Gasteiger partial charge in [0, 0.05) is 11.4 Å². The molecule has 8 aliphatic carbocycles. The molecule has 2 aromatic carbocycles. The third kappa shape index (κ3) is 3.24. The predicted octanol–water partition coefficient (Wildman–Crippen LogP) is 7.92. The lowest BCUT2D eigenvalue weighted by molar-refractivity contribution is -0.106. The summed E-state index contributed by atoms with van der Waals surface area (Å²) in [6.07, 6.45) is 18.2. The van der Waals surface area contributed by atoms with Crippen LogP contribution in [-0.4, -0.2) is 6.41 Å². The van der Waals surface area contributed by atoms with E-state index in [9.17, 15) is 4.79 Å². The smallest absolute Gasteiger partial charge is 0.218 e. The lowest BCUT2D eigenvalue weighted by atomic mass is 9.48. The van der Waals surface area contributed by atoms with Crippen LogP contribution in [0.3, 0.4) is 0 Å². The minimum Gasteiger partial charge on any atom is -0.284 e. The lowest BCUT2D eigenvalue weighted by Crippen LogP contribution is -2.48. The maximum absolute atomic E-state index is 12.2. The Morgan fingerprint density at radius 3 is 1.06 bits per heavy atom. The number of rotatable bonds is 5. The van der Waals surface area contributed by atoms with Crippen LogP contribution in [0.4, 0.5) is 11.4 Å². The van der Waals surface area contributed by atoms with Crippen molar-refractivity contribution >= 4 is 17.8 Å². The van der Waals surface area contributed by atoms with Crippen molar-refractivity contribution < 1.29 is 4.79 Å². The third-order valence-corrected chi connectivity index (χ3v) is 11.7. The van der Waals surface area contributed by atoms with Gasteiger partial charge in [-0.05, 0) is 159 Å². The quantitative estimate of drug-likeness (QED) is 0.411. The average molecular weight is 466 g/mol. The van der Waals surface area contributed by atoms with Gasteiger partial charge in [0.1, 0.15) is 0 Å². The largest absolute Gasteiger partial charge is 0.284 e. The molecule has 2 nitrogen and oxygen atoms in total. The van der Waals surface area contributed by atoms with E-state index in [-0.39, 0.29) is 0 Å². The maximum atomic E-state index is 12.2. The number of anilines is 2. The van der Waals surface area contributed by atoms with E-state index in [1.165, 1.54) is 88.2 Å². The molecule has 0 aliphatic heterocycles. The summed E-state index contributed by atoms with van der Waals surface area (Å²) >= 11 is 0. The standard InChI is InChI=1S/C33H39NO/c35-21-34(30-5-1-28(2-6-30)32-15-22-9-23(16-32)11-24(10-22)17-32)31-7-3-29(4-8-31)33-18-25-12-26(19-33)14-27(13-25)20-33/h1-8,21-27H,9-20H2. The van der Waals surface area contributed by atoms with Crippen molar-refractivity contribution in [2.24, 2.45) is 35.5 Å². The van der Waals surface area contributed by atoms with Gasteiger partial charge in [0.2, 0.25) is 6.41 Å². The topological polar surface area (TPSA) is 20.3 Å². The van der Waals surface area contributed by atoms with Gasteiger partial charge in [-0.2, -0.15) is 0 Å². The molecule has 182 valence electrons. The van der Waals surface area contributed by atoms with Crippen LogP contribution in [0.1, 0.15) is 88.2 Å². The zero-order valence-corrected chi connectivity index (χ0v) is 21.0. The van der Waals surface area contributed by atoms with Crippen molar-refractivity contribution in [1.29, 1.82) is 0 Å². The SMILES string of the molecule is O=CN(c1ccc(C23CC4CC(CC(C4)C2)C3)cc1)c1ccc(C23CC4CC(CC(C4)C2)C3)cc1. The molecule has 2 heteroatoms. The number of benzene rings is 2. The monoisotopic (exact) mass is 465 g/mol. The molecule has 8 bridgehead atoms. The van der Waals surface area contributed by atoms with Crippen LogP contribution in [0, 0.1) is 35.5 Å². The normalized spacial score (nSPS) is 42.4. The summed E-state index contributed by atoms with van der Waals surface area (Å²) in [5.41, 5.74) is 5.89. The zero-order valence-electron chi connectivity index (χ0n) is 21.0. The Bertz CT molecular complexity index is 971. The molecule has 0 radical (unpaired) electrons. The van der Waals surface area contributed by atoms with Gasteiger partial charge >= 0.3 is 0 Å². The Hall–Kier alpha value is -2.09. The highest BCUT2D eigenvalue weighted by Gasteiger charge is 2.52. The molecule has 0 unspecified atom stereocenters. The third-order valence-electron chi connectivity index (χ3n) is 11.7. The molecule has 8 fully saturated rings. The Balaban J connectivity index is 1.04. The van der Waals surface area contributed by atoms with Gasteiger partial charge in [0.05, 0.1) is 0 Å². The second-order valence-electron chi connectivity index (χ2n) is 14.0. The van der Waals surface area contributed by atoms with Crippen LogP contribution in [0.25, 0.3) is 0 Å². The second-order valence-corrected chi connectivity index (χ2v) is 14.0. The van der Waals surface area contributed by atoms with E-state index < -0.39 is 0 Å².